The highest BCUT2D eigenvalue weighted by Gasteiger charge is 2.17. The number of fused-ring (bicyclic) bond motifs is 1. The quantitative estimate of drug-likeness (QED) is 0.653. The van der Waals surface area contributed by atoms with E-state index in [1.54, 1.807) is 20.4 Å². The van der Waals surface area contributed by atoms with Gasteiger partial charge in [-0.1, -0.05) is 11.6 Å². The minimum Gasteiger partial charge on any atom is -0.497 e. The highest BCUT2D eigenvalue weighted by atomic mass is 35.5. The summed E-state index contributed by atoms with van der Waals surface area (Å²) >= 11 is 6.11. The van der Waals surface area contributed by atoms with Gasteiger partial charge in [-0.05, 0) is 38.4 Å². The molecule has 2 aromatic heterocycles. The predicted octanol–water partition coefficient (Wildman–Crippen LogP) is 3.53. The smallest absolute Gasteiger partial charge is 0.129 e. The zero-order valence-electron chi connectivity index (χ0n) is 15.9. The zero-order valence-corrected chi connectivity index (χ0v) is 16.6. The van der Waals surface area contributed by atoms with E-state index in [1.165, 1.54) is 0 Å². The Kier molecular flexibility index (Phi) is 5.79. The van der Waals surface area contributed by atoms with Crippen LogP contribution in [0.2, 0.25) is 5.15 Å². The molecule has 0 aliphatic heterocycles. The minimum absolute atomic E-state index is 0.270. The molecule has 1 aromatic carbocycles. The highest BCUT2D eigenvalue weighted by Crippen LogP contribution is 2.32. The first kappa shape index (κ1) is 19.4. The second kappa shape index (κ2) is 8.08. The van der Waals surface area contributed by atoms with Crippen molar-refractivity contribution in [2.24, 2.45) is 5.73 Å². The van der Waals surface area contributed by atoms with Crippen molar-refractivity contribution in [3.8, 4) is 22.8 Å². The number of benzene rings is 1. The molecule has 2 heterocycles. The summed E-state index contributed by atoms with van der Waals surface area (Å²) in [5.41, 5.74) is 8.88. The second-order valence-electron chi connectivity index (χ2n) is 6.59. The first-order chi connectivity index (χ1) is 12.9. The van der Waals surface area contributed by atoms with Gasteiger partial charge in [-0.2, -0.15) is 0 Å². The Balaban J connectivity index is 2.21. The topological polar surface area (TPSA) is 73.5 Å². The molecule has 0 spiro atoms. The van der Waals surface area contributed by atoms with Crippen molar-refractivity contribution in [1.82, 2.24) is 14.9 Å². The largest absolute Gasteiger partial charge is 0.497 e. The van der Waals surface area contributed by atoms with Gasteiger partial charge in [0, 0.05) is 35.1 Å². The number of rotatable bonds is 6. The van der Waals surface area contributed by atoms with Crippen LogP contribution >= 0.6 is 11.6 Å². The highest BCUT2D eigenvalue weighted by molar-refractivity contribution is 6.30. The van der Waals surface area contributed by atoms with Crippen LogP contribution in [0.4, 0.5) is 0 Å². The number of likely N-dealkylation sites (N-methyl/N-ethyl adjacent to an activating group) is 1. The van der Waals surface area contributed by atoms with Gasteiger partial charge in [0.1, 0.15) is 16.7 Å². The summed E-state index contributed by atoms with van der Waals surface area (Å²) < 4.78 is 10.8. The van der Waals surface area contributed by atoms with Gasteiger partial charge < -0.3 is 20.1 Å². The van der Waals surface area contributed by atoms with E-state index in [0.29, 0.717) is 23.2 Å². The molecular formula is C20H23ClN4O2. The summed E-state index contributed by atoms with van der Waals surface area (Å²) in [5, 5.41) is 2.25. The van der Waals surface area contributed by atoms with Gasteiger partial charge in [-0.25, -0.2) is 4.98 Å². The molecule has 0 fully saturated rings. The van der Waals surface area contributed by atoms with Gasteiger partial charge in [-0.3, -0.25) is 4.98 Å². The average molecular weight is 387 g/mol. The van der Waals surface area contributed by atoms with E-state index in [-0.39, 0.29) is 6.04 Å². The molecule has 27 heavy (non-hydrogen) atoms. The van der Waals surface area contributed by atoms with E-state index in [9.17, 15) is 0 Å². The Hall–Kier alpha value is -2.41. The molecule has 3 aromatic rings. The first-order valence-corrected chi connectivity index (χ1v) is 8.89. The minimum atomic E-state index is -0.270. The van der Waals surface area contributed by atoms with Crippen LogP contribution in [0.1, 0.15) is 11.7 Å². The van der Waals surface area contributed by atoms with Gasteiger partial charge >= 0.3 is 0 Å². The van der Waals surface area contributed by atoms with E-state index >= 15 is 0 Å². The molecule has 1 unspecified atom stereocenters. The van der Waals surface area contributed by atoms with Crippen molar-refractivity contribution in [1.29, 1.82) is 0 Å². The fraction of sp³-hybridized carbons (Fsp3) is 0.300. The SMILES string of the molecule is COc1cc(OC)cc(-c2cc3cnc(Cl)cc3c(C(N)CN(C)C)n2)c1. The summed E-state index contributed by atoms with van der Waals surface area (Å²) in [7, 11) is 7.20. The fourth-order valence-electron chi connectivity index (χ4n) is 3.01. The maximum atomic E-state index is 6.45. The Labute approximate surface area is 163 Å². The normalized spacial score (nSPS) is 12.4. The fourth-order valence-corrected chi connectivity index (χ4v) is 3.17. The van der Waals surface area contributed by atoms with Crippen LogP contribution in [0.5, 0.6) is 11.5 Å². The van der Waals surface area contributed by atoms with Crippen molar-refractivity contribution in [3.05, 3.63) is 47.4 Å². The molecule has 0 saturated heterocycles. The number of nitrogens with zero attached hydrogens (tertiary/aromatic N) is 3. The Morgan fingerprint density at radius 1 is 1.07 bits per heavy atom. The third-order valence-corrected chi connectivity index (χ3v) is 4.48. The third kappa shape index (κ3) is 4.30. The van der Waals surface area contributed by atoms with Crippen LogP contribution < -0.4 is 15.2 Å². The summed E-state index contributed by atoms with van der Waals surface area (Å²) in [5.74, 6) is 1.39. The van der Waals surface area contributed by atoms with E-state index in [1.807, 2.05) is 49.3 Å². The number of halogens is 1. The van der Waals surface area contributed by atoms with Gasteiger partial charge in [0.2, 0.25) is 0 Å². The number of aromatic nitrogens is 2. The molecule has 142 valence electrons. The van der Waals surface area contributed by atoms with E-state index < -0.39 is 0 Å². The summed E-state index contributed by atoms with van der Waals surface area (Å²) in [6.07, 6.45) is 1.74. The number of pyridine rings is 2. The molecule has 1 atom stereocenters. The maximum absolute atomic E-state index is 6.45. The molecule has 3 rings (SSSR count). The number of nitrogens with two attached hydrogens (primary N) is 1. The van der Waals surface area contributed by atoms with Crippen molar-refractivity contribution in [3.63, 3.8) is 0 Å². The lowest BCUT2D eigenvalue weighted by Crippen LogP contribution is -2.27. The molecular weight excluding hydrogens is 364 g/mol. The molecule has 0 amide bonds. The van der Waals surface area contributed by atoms with E-state index in [4.69, 9.17) is 31.8 Å². The Morgan fingerprint density at radius 3 is 2.33 bits per heavy atom. The summed E-state index contributed by atoms with van der Waals surface area (Å²) in [6, 6.07) is 9.17. The summed E-state index contributed by atoms with van der Waals surface area (Å²) in [4.78, 5) is 11.1. The first-order valence-electron chi connectivity index (χ1n) is 8.51. The van der Waals surface area contributed by atoms with Crippen molar-refractivity contribution >= 4 is 22.4 Å². The van der Waals surface area contributed by atoms with Crippen molar-refractivity contribution in [2.75, 3.05) is 34.9 Å². The third-order valence-electron chi connectivity index (χ3n) is 4.27. The molecule has 0 aliphatic rings. The molecule has 0 radical (unpaired) electrons. The molecule has 6 nitrogen and oxygen atoms in total. The molecule has 2 N–H and O–H groups in total. The van der Waals surface area contributed by atoms with Crippen molar-refractivity contribution in [2.45, 2.75) is 6.04 Å². The van der Waals surface area contributed by atoms with E-state index in [2.05, 4.69) is 4.98 Å². The average Bonchev–Trinajstić information content (AvgIpc) is 2.66. The summed E-state index contributed by atoms with van der Waals surface area (Å²) in [6.45, 7) is 0.660. The van der Waals surface area contributed by atoms with E-state index in [0.717, 1.165) is 27.7 Å². The van der Waals surface area contributed by atoms with Gasteiger partial charge in [-0.15, -0.1) is 0 Å². The molecule has 7 heteroatoms. The molecule has 0 saturated carbocycles. The number of methoxy groups -OCH3 is 2. The lowest BCUT2D eigenvalue weighted by molar-refractivity contribution is 0.375. The maximum Gasteiger partial charge on any atom is 0.129 e. The lowest BCUT2D eigenvalue weighted by atomic mass is 10.0. The number of ether oxygens (including phenoxy) is 2. The standard InChI is InChI=1S/C20H23ClN4O2/c1-25(2)11-17(22)20-16-9-19(21)23-10-13(16)7-18(24-20)12-5-14(26-3)8-15(6-12)27-4/h5-10,17H,11,22H2,1-4H3. The van der Waals surface area contributed by atoms with Gasteiger partial charge in [0.05, 0.1) is 31.6 Å². The number of hydrogen-bond donors (Lipinski definition) is 1. The van der Waals surface area contributed by atoms with Crippen LogP contribution in [0.25, 0.3) is 22.0 Å². The van der Waals surface area contributed by atoms with Gasteiger partial charge in [0.15, 0.2) is 0 Å². The lowest BCUT2D eigenvalue weighted by Gasteiger charge is -2.19. The van der Waals surface area contributed by atoms with Crippen LogP contribution in [0.3, 0.4) is 0 Å². The second-order valence-corrected chi connectivity index (χ2v) is 6.98. The number of hydrogen-bond acceptors (Lipinski definition) is 6. The van der Waals surface area contributed by atoms with Crippen molar-refractivity contribution < 1.29 is 9.47 Å². The van der Waals surface area contributed by atoms with Crippen LogP contribution in [-0.2, 0) is 0 Å². The zero-order chi connectivity index (χ0) is 19.6. The van der Waals surface area contributed by atoms with Crippen LogP contribution in [0, 0.1) is 0 Å². The van der Waals surface area contributed by atoms with Crippen LogP contribution in [-0.4, -0.2) is 49.7 Å². The predicted molar refractivity (Wildman–Crippen MR) is 109 cm³/mol. The Bertz CT molecular complexity index is 940. The van der Waals surface area contributed by atoms with Gasteiger partial charge in [0.25, 0.3) is 0 Å². The molecule has 0 aliphatic carbocycles. The Morgan fingerprint density at radius 2 is 1.74 bits per heavy atom. The van der Waals surface area contributed by atoms with Crippen LogP contribution in [0.15, 0.2) is 36.5 Å². The monoisotopic (exact) mass is 386 g/mol. The molecule has 0 bridgehead atoms.